The number of hydrogen-bond donors (Lipinski definition) is 0. The minimum atomic E-state index is -0.807. The van der Waals surface area contributed by atoms with Gasteiger partial charge in [0.25, 0.3) is 0 Å². The smallest absolute Gasteiger partial charge is 0.343 e. The minimum absolute atomic E-state index is 0.167. The Kier molecular flexibility index (Phi) is 4.24. The molecular weight excluding hydrogens is 396 g/mol. The molecule has 0 aliphatic carbocycles. The highest BCUT2D eigenvalue weighted by molar-refractivity contribution is 9.10. The van der Waals surface area contributed by atoms with Gasteiger partial charge in [0.2, 0.25) is 5.78 Å². The lowest BCUT2D eigenvalue weighted by atomic mass is 9.86. The first-order chi connectivity index (χ1) is 12.5. The van der Waals surface area contributed by atoms with Crippen LogP contribution in [0, 0.1) is 6.92 Å². The number of Topliss-reactive ketones (excluding diaryl/α,β-unsaturated/α-hetero) is 1. The molecule has 0 fully saturated rings. The Morgan fingerprint density at radius 1 is 1.04 bits per heavy atom. The van der Waals surface area contributed by atoms with E-state index in [-0.39, 0.29) is 5.78 Å². The normalized spacial score (nSPS) is 18.2. The van der Waals surface area contributed by atoms with Crippen molar-refractivity contribution in [1.29, 1.82) is 0 Å². The molecule has 0 amide bonds. The van der Waals surface area contributed by atoms with E-state index in [4.69, 9.17) is 9.15 Å². The minimum Gasteiger partial charge on any atom is -0.481 e. The van der Waals surface area contributed by atoms with Gasteiger partial charge >= 0.3 is 5.63 Å². The number of carbonyl (C=O) groups is 1. The fourth-order valence-electron chi connectivity index (χ4n) is 3.31. The summed E-state index contributed by atoms with van der Waals surface area (Å²) in [4.78, 5) is 25.6. The van der Waals surface area contributed by atoms with Gasteiger partial charge in [-0.05, 0) is 24.6 Å². The van der Waals surface area contributed by atoms with Gasteiger partial charge in [-0.15, -0.1) is 0 Å². The van der Waals surface area contributed by atoms with E-state index in [9.17, 15) is 9.59 Å². The maximum absolute atomic E-state index is 13.1. The molecule has 0 N–H and O–H groups in total. The summed E-state index contributed by atoms with van der Waals surface area (Å²) in [6.45, 7) is 1.69. The molecule has 2 aromatic carbocycles. The molecule has 0 spiro atoms. The summed E-state index contributed by atoms with van der Waals surface area (Å²) in [5.41, 5.74) is 1.32. The van der Waals surface area contributed by atoms with Gasteiger partial charge in [-0.25, -0.2) is 4.79 Å². The molecule has 130 valence electrons. The van der Waals surface area contributed by atoms with Crippen molar-refractivity contribution in [3.05, 3.63) is 98.0 Å². The Balaban J connectivity index is 1.84. The molecule has 3 aromatic rings. The zero-order valence-corrected chi connectivity index (χ0v) is 15.5. The molecule has 0 radical (unpaired) electrons. The number of fused-ring (bicyclic) bond motifs is 1. The highest BCUT2D eigenvalue weighted by atomic mass is 79.9. The summed E-state index contributed by atoms with van der Waals surface area (Å²) < 4.78 is 12.1. The number of ether oxygens (including phenoxy) is 1. The van der Waals surface area contributed by atoms with Gasteiger partial charge in [0.05, 0.1) is 11.5 Å². The Hall–Kier alpha value is -2.66. The second kappa shape index (κ2) is 6.57. The third-order valence-corrected chi connectivity index (χ3v) is 5.02. The van der Waals surface area contributed by atoms with Crippen LogP contribution in [0.3, 0.4) is 0 Å². The quantitative estimate of drug-likeness (QED) is 0.597. The summed E-state index contributed by atoms with van der Waals surface area (Å²) in [6, 6.07) is 18.2. The third kappa shape index (κ3) is 2.88. The molecule has 4 rings (SSSR count). The molecule has 2 atom stereocenters. The summed E-state index contributed by atoms with van der Waals surface area (Å²) in [5, 5.41) is 0. The van der Waals surface area contributed by atoms with E-state index in [1.165, 1.54) is 0 Å². The van der Waals surface area contributed by atoms with Crippen molar-refractivity contribution in [3.63, 3.8) is 0 Å². The first-order valence-electron chi connectivity index (χ1n) is 8.20. The van der Waals surface area contributed by atoms with Crippen molar-refractivity contribution < 1.29 is 13.9 Å². The third-order valence-electron chi connectivity index (χ3n) is 4.49. The highest BCUT2D eigenvalue weighted by Gasteiger charge is 2.43. The molecule has 1 aliphatic rings. The number of benzene rings is 2. The number of aryl methyl sites for hydroxylation is 1. The number of rotatable bonds is 3. The zero-order chi connectivity index (χ0) is 18.3. The van der Waals surface area contributed by atoms with Gasteiger partial charge in [-0.1, -0.05) is 58.4 Å². The van der Waals surface area contributed by atoms with E-state index < -0.39 is 17.6 Å². The fourth-order valence-corrected chi connectivity index (χ4v) is 3.58. The lowest BCUT2D eigenvalue weighted by Crippen LogP contribution is -2.31. The highest BCUT2D eigenvalue weighted by Crippen LogP contribution is 2.41. The second-order valence-electron chi connectivity index (χ2n) is 6.22. The van der Waals surface area contributed by atoms with Gasteiger partial charge in [-0.3, -0.25) is 4.79 Å². The molecule has 2 heterocycles. The van der Waals surface area contributed by atoms with Crippen LogP contribution in [0.15, 0.2) is 74.3 Å². The topological polar surface area (TPSA) is 56.5 Å². The van der Waals surface area contributed by atoms with Crippen LogP contribution in [-0.2, 0) is 0 Å². The predicted octanol–water partition coefficient (Wildman–Crippen LogP) is 4.49. The maximum atomic E-state index is 13.1. The Bertz CT molecular complexity index is 1020. The van der Waals surface area contributed by atoms with E-state index in [0.29, 0.717) is 22.6 Å². The fraction of sp³-hybridized carbons (Fsp3) is 0.143. The van der Waals surface area contributed by atoms with Crippen LogP contribution < -0.4 is 10.4 Å². The first-order valence-corrected chi connectivity index (χ1v) is 9.00. The standard InChI is InChI=1S/C21H15BrO4/c1-12-11-16-18(21(24)25-12)17(13-5-3-2-4-6-13)20(26-16)19(23)14-7-9-15(22)10-8-14/h2-11,17,20H,1H3/t17-,20-/m0/s1. The predicted molar refractivity (Wildman–Crippen MR) is 101 cm³/mol. The van der Waals surface area contributed by atoms with Crippen LogP contribution in [0.25, 0.3) is 0 Å². The largest absolute Gasteiger partial charge is 0.481 e. The van der Waals surface area contributed by atoms with E-state index in [0.717, 1.165) is 10.0 Å². The molecule has 1 aliphatic heterocycles. The molecule has 0 saturated heterocycles. The molecule has 26 heavy (non-hydrogen) atoms. The number of carbonyl (C=O) groups excluding carboxylic acids is 1. The molecule has 1 aromatic heterocycles. The van der Waals surface area contributed by atoms with Crippen LogP contribution in [-0.4, -0.2) is 11.9 Å². The van der Waals surface area contributed by atoms with Gasteiger partial charge in [-0.2, -0.15) is 0 Å². The van der Waals surface area contributed by atoms with E-state index in [2.05, 4.69) is 15.9 Å². The van der Waals surface area contributed by atoms with Crippen molar-refractivity contribution in [3.8, 4) is 5.75 Å². The summed E-state index contributed by atoms with van der Waals surface area (Å²) in [5.74, 6) is 0.208. The molecule has 0 bridgehead atoms. The van der Waals surface area contributed by atoms with Gasteiger partial charge < -0.3 is 9.15 Å². The van der Waals surface area contributed by atoms with E-state index in [1.807, 2.05) is 42.5 Å². The lowest BCUT2D eigenvalue weighted by Gasteiger charge is -2.18. The molecule has 5 heteroatoms. The average molecular weight is 411 g/mol. The zero-order valence-electron chi connectivity index (χ0n) is 13.9. The van der Waals surface area contributed by atoms with Crippen LogP contribution >= 0.6 is 15.9 Å². The van der Waals surface area contributed by atoms with Crippen LogP contribution in [0.5, 0.6) is 5.75 Å². The Morgan fingerprint density at radius 2 is 1.73 bits per heavy atom. The molecular formula is C21H15BrO4. The monoisotopic (exact) mass is 410 g/mol. The van der Waals surface area contributed by atoms with E-state index in [1.54, 1.807) is 25.1 Å². The molecule has 4 nitrogen and oxygen atoms in total. The first kappa shape index (κ1) is 16.8. The van der Waals surface area contributed by atoms with Crippen molar-refractivity contribution in [2.75, 3.05) is 0 Å². The number of ketones is 1. The van der Waals surface area contributed by atoms with E-state index >= 15 is 0 Å². The Labute approximate surface area is 158 Å². The average Bonchev–Trinajstić information content (AvgIpc) is 3.02. The summed E-state index contributed by atoms with van der Waals surface area (Å²) in [6.07, 6.45) is -0.807. The summed E-state index contributed by atoms with van der Waals surface area (Å²) in [7, 11) is 0. The van der Waals surface area contributed by atoms with Crippen molar-refractivity contribution >= 4 is 21.7 Å². The summed E-state index contributed by atoms with van der Waals surface area (Å²) >= 11 is 3.37. The second-order valence-corrected chi connectivity index (χ2v) is 7.14. The van der Waals surface area contributed by atoms with Crippen LogP contribution in [0.4, 0.5) is 0 Å². The number of hydrogen-bond acceptors (Lipinski definition) is 4. The maximum Gasteiger partial charge on any atom is 0.343 e. The van der Waals surface area contributed by atoms with Crippen molar-refractivity contribution in [2.24, 2.45) is 0 Å². The van der Waals surface area contributed by atoms with Crippen LogP contribution in [0.2, 0.25) is 0 Å². The van der Waals surface area contributed by atoms with Crippen molar-refractivity contribution in [1.82, 2.24) is 0 Å². The van der Waals surface area contributed by atoms with Crippen LogP contribution in [0.1, 0.15) is 33.2 Å². The lowest BCUT2D eigenvalue weighted by molar-refractivity contribution is 0.0806. The molecule has 0 saturated carbocycles. The Morgan fingerprint density at radius 3 is 2.42 bits per heavy atom. The van der Waals surface area contributed by atoms with Gasteiger partial charge in [0, 0.05) is 16.1 Å². The molecule has 0 unspecified atom stereocenters. The van der Waals surface area contributed by atoms with Crippen molar-refractivity contribution in [2.45, 2.75) is 18.9 Å². The number of halogens is 1. The van der Waals surface area contributed by atoms with Gasteiger partial charge in [0.15, 0.2) is 6.10 Å². The SMILES string of the molecule is Cc1cc2c(c(=O)o1)[C@H](c1ccccc1)[C@@H](C(=O)c1ccc(Br)cc1)O2. The van der Waals surface area contributed by atoms with Gasteiger partial charge in [0.1, 0.15) is 11.5 Å².